The molecule has 0 radical (unpaired) electrons. The number of carbonyl (C=O) groups excluding carboxylic acids is 2. The molecule has 1 fully saturated rings. The van der Waals surface area contributed by atoms with Crippen LogP contribution in [0, 0.1) is 10.1 Å². The van der Waals surface area contributed by atoms with Crippen molar-refractivity contribution in [1.29, 1.82) is 0 Å². The fraction of sp³-hybridized carbons (Fsp3) is 0.150. The van der Waals surface area contributed by atoms with Crippen LogP contribution in [0.15, 0.2) is 54.1 Å². The summed E-state index contributed by atoms with van der Waals surface area (Å²) in [5.41, 5.74) is -0.560. The Morgan fingerprint density at radius 3 is 2.33 bits per heavy atom. The van der Waals surface area contributed by atoms with Crippen LogP contribution in [-0.2, 0) is 14.4 Å². The van der Waals surface area contributed by atoms with Crippen LogP contribution < -0.4 is 0 Å². The molecule has 1 heterocycles. The molecular weight excluding hydrogens is 416 g/mol. The molecule has 2 aromatic carbocycles. The summed E-state index contributed by atoms with van der Waals surface area (Å²) in [6.07, 6.45) is -0.481. The first kappa shape index (κ1) is 21.0. The van der Waals surface area contributed by atoms with Crippen molar-refractivity contribution in [2.45, 2.75) is 12.5 Å². The first-order valence-corrected chi connectivity index (χ1v) is 9.09. The summed E-state index contributed by atoms with van der Waals surface area (Å²) < 4.78 is 0. The number of likely N-dealkylation sites (tertiary alicyclic amines) is 1. The summed E-state index contributed by atoms with van der Waals surface area (Å²) >= 11 is 5.84. The SMILES string of the molecule is O=C(O)CCN1C(=O)C(=O)C(=C(O)c2ccc(Cl)cc2)C1c1ccccc1[N+](=O)[O-]. The van der Waals surface area contributed by atoms with E-state index in [4.69, 9.17) is 16.7 Å². The summed E-state index contributed by atoms with van der Waals surface area (Å²) in [5, 5.41) is 31.7. The number of aliphatic hydroxyl groups excluding tert-OH is 1. The third kappa shape index (κ3) is 3.87. The van der Waals surface area contributed by atoms with Gasteiger partial charge in [-0.05, 0) is 30.3 Å². The number of hydrogen-bond acceptors (Lipinski definition) is 6. The number of nitrogens with zero attached hydrogens (tertiary/aromatic N) is 2. The standard InChI is InChI=1S/C20H15ClN2O7/c21-12-7-5-11(6-8-12)18(26)16-17(13-3-1-2-4-14(13)23(29)30)22(10-9-15(24)25)20(28)19(16)27/h1-8,17,26H,9-10H2,(H,24,25). The molecule has 9 nitrogen and oxygen atoms in total. The number of aliphatic hydroxyl groups is 1. The molecule has 0 saturated carbocycles. The van der Waals surface area contributed by atoms with Gasteiger partial charge in [-0.1, -0.05) is 23.7 Å². The number of halogens is 1. The zero-order valence-electron chi connectivity index (χ0n) is 15.3. The van der Waals surface area contributed by atoms with E-state index >= 15 is 0 Å². The Balaban J connectivity index is 2.23. The Labute approximate surface area is 175 Å². The minimum absolute atomic E-state index is 0.0115. The van der Waals surface area contributed by atoms with Gasteiger partial charge < -0.3 is 15.1 Å². The molecule has 1 amide bonds. The highest BCUT2D eigenvalue weighted by Crippen LogP contribution is 2.42. The fourth-order valence-corrected chi connectivity index (χ4v) is 3.42. The highest BCUT2D eigenvalue weighted by Gasteiger charge is 2.48. The Morgan fingerprint density at radius 1 is 1.10 bits per heavy atom. The number of nitro groups is 1. The maximum absolute atomic E-state index is 12.8. The third-order valence-corrected chi connectivity index (χ3v) is 4.90. The van der Waals surface area contributed by atoms with E-state index in [1.54, 1.807) is 0 Å². The second kappa shape index (κ2) is 8.34. The molecule has 1 saturated heterocycles. The average Bonchev–Trinajstić information content (AvgIpc) is 2.96. The maximum Gasteiger partial charge on any atom is 0.305 e. The number of hydrogen-bond donors (Lipinski definition) is 2. The number of aliphatic carboxylic acids is 1. The first-order chi connectivity index (χ1) is 14.2. The summed E-state index contributed by atoms with van der Waals surface area (Å²) in [7, 11) is 0. The maximum atomic E-state index is 12.8. The van der Waals surface area contributed by atoms with Crippen LogP contribution in [0.4, 0.5) is 5.69 Å². The summed E-state index contributed by atoms with van der Waals surface area (Å²) in [6, 6.07) is 9.95. The minimum Gasteiger partial charge on any atom is -0.507 e. The fourth-order valence-electron chi connectivity index (χ4n) is 3.30. The number of nitro benzene ring substituents is 1. The lowest BCUT2D eigenvalue weighted by Gasteiger charge is -2.24. The van der Waals surface area contributed by atoms with Crippen molar-refractivity contribution < 1.29 is 29.5 Å². The molecule has 0 bridgehead atoms. The highest BCUT2D eigenvalue weighted by molar-refractivity contribution is 6.46. The summed E-state index contributed by atoms with van der Waals surface area (Å²) in [6.45, 7) is -0.367. The Kier molecular flexibility index (Phi) is 5.84. The summed E-state index contributed by atoms with van der Waals surface area (Å²) in [5.74, 6) is -3.85. The second-order valence-electron chi connectivity index (χ2n) is 6.46. The Morgan fingerprint density at radius 2 is 1.73 bits per heavy atom. The van der Waals surface area contributed by atoms with Crippen LogP contribution in [0.3, 0.4) is 0 Å². The number of ketones is 1. The number of rotatable bonds is 6. The van der Waals surface area contributed by atoms with Gasteiger partial charge in [0.2, 0.25) is 0 Å². The van der Waals surface area contributed by atoms with E-state index in [1.807, 2.05) is 0 Å². The van der Waals surface area contributed by atoms with Crippen molar-refractivity contribution in [3.05, 3.63) is 80.4 Å². The van der Waals surface area contributed by atoms with Crippen LogP contribution in [0.1, 0.15) is 23.6 Å². The van der Waals surface area contributed by atoms with Crippen LogP contribution in [0.2, 0.25) is 5.02 Å². The van der Waals surface area contributed by atoms with Crippen LogP contribution in [0.5, 0.6) is 0 Å². The molecule has 1 atom stereocenters. The van der Waals surface area contributed by atoms with E-state index in [9.17, 15) is 29.6 Å². The van der Waals surface area contributed by atoms with Crippen LogP contribution in [-0.4, -0.2) is 44.2 Å². The van der Waals surface area contributed by atoms with Crippen molar-refractivity contribution in [3.8, 4) is 0 Å². The smallest absolute Gasteiger partial charge is 0.305 e. The average molecular weight is 431 g/mol. The Bertz CT molecular complexity index is 1080. The van der Waals surface area contributed by atoms with Crippen molar-refractivity contribution in [2.24, 2.45) is 0 Å². The van der Waals surface area contributed by atoms with E-state index in [0.717, 1.165) is 4.90 Å². The molecule has 2 aromatic rings. The number of amides is 1. The topological polar surface area (TPSA) is 138 Å². The molecule has 154 valence electrons. The number of para-hydroxylation sites is 1. The van der Waals surface area contributed by atoms with Gasteiger partial charge in [0.15, 0.2) is 0 Å². The van der Waals surface area contributed by atoms with Gasteiger partial charge in [0, 0.05) is 23.2 Å². The van der Waals surface area contributed by atoms with Crippen LogP contribution >= 0.6 is 11.6 Å². The number of carboxylic acid groups (broad SMARTS) is 1. The van der Waals surface area contributed by atoms with Gasteiger partial charge in [0.25, 0.3) is 17.4 Å². The molecule has 0 spiro atoms. The third-order valence-electron chi connectivity index (χ3n) is 4.65. The van der Waals surface area contributed by atoms with Crippen molar-refractivity contribution >= 4 is 40.7 Å². The van der Waals surface area contributed by atoms with Gasteiger partial charge in [-0.2, -0.15) is 0 Å². The van der Waals surface area contributed by atoms with Crippen molar-refractivity contribution in [3.63, 3.8) is 0 Å². The Hall–Kier alpha value is -3.72. The second-order valence-corrected chi connectivity index (χ2v) is 6.90. The molecule has 0 aromatic heterocycles. The van der Waals surface area contributed by atoms with E-state index in [-0.39, 0.29) is 28.9 Å². The first-order valence-electron chi connectivity index (χ1n) is 8.71. The van der Waals surface area contributed by atoms with Gasteiger partial charge in [0.1, 0.15) is 5.76 Å². The summed E-state index contributed by atoms with van der Waals surface area (Å²) in [4.78, 5) is 48.2. The minimum atomic E-state index is -1.32. The molecule has 10 heteroatoms. The zero-order chi connectivity index (χ0) is 22.0. The zero-order valence-corrected chi connectivity index (χ0v) is 16.1. The molecule has 1 aliphatic heterocycles. The number of carboxylic acids is 1. The molecule has 2 N–H and O–H groups in total. The molecule has 0 aliphatic carbocycles. The number of carbonyl (C=O) groups is 3. The van der Waals surface area contributed by atoms with Crippen LogP contribution in [0.25, 0.3) is 5.76 Å². The molecule has 1 aliphatic rings. The largest absolute Gasteiger partial charge is 0.507 e. The lowest BCUT2D eigenvalue weighted by molar-refractivity contribution is -0.385. The van der Waals surface area contributed by atoms with E-state index in [2.05, 4.69) is 0 Å². The van der Waals surface area contributed by atoms with Gasteiger partial charge in [0.05, 0.1) is 28.5 Å². The van der Waals surface area contributed by atoms with Gasteiger partial charge >= 0.3 is 5.97 Å². The van der Waals surface area contributed by atoms with Crippen molar-refractivity contribution in [2.75, 3.05) is 6.54 Å². The predicted octanol–water partition coefficient (Wildman–Crippen LogP) is 3.14. The van der Waals surface area contributed by atoms with E-state index in [1.165, 1.54) is 48.5 Å². The number of benzene rings is 2. The van der Waals surface area contributed by atoms with E-state index < -0.39 is 40.8 Å². The molecular formula is C20H15ClN2O7. The molecule has 3 rings (SSSR count). The lowest BCUT2D eigenvalue weighted by atomic mass is 9.94. The highest BCUT2D eigenvalue weighted by atomic mass is 35.5. The molecule has 30 heavy (non-hydrogen) atoms. The number of Topliss-reactive ketones (excluding diaryl/α,β-unsaturated/α-hetero) is 1. The molecule has 1 unspecified atom stereocenters. The quantitative estimate of drug-likeness (QED) is 0.236. The normalized spacial score (nSPS) is 17.9. The monoisotopic (exact) mass is 430 g/mol. The van der Waals surface area contributed by atoms with E-state index in [0.29, 0.717) is 5.02 Å². The van der Waals surface area contributed by atoms with Gasteiger partial charge in [-0.15, -0.1) is 0 Å². The van der Waals surface area contributed by atoms with Gasteiger partial charge in [-0.3, -0.25) is 24.5 Å². The predicted molar refractivity (Wildman–Crippen MR) is 106 cm³/mol. The lowest BCUT2D eigenvalue weighted by Crippen LogP contribution is -2.32. The van der Waals surface area contributed by atoms with Gasteiger partial charge in [-0.25, -0.2) is 0 Å². The van der Waals surface area contributed by atoms with Crippen molar-refractivity contribution in [1.82, 2.24) is 4.90 Å².